The summed E-state index contributed by atoms with van der Waals surface area (Å²) in [6.07, 6.45) is 12.2. The van der Waals surface area contributed by atoms with E-state index in [2.05, 4.69) is 34.9 Å². The van der Waals surface area contributed by atoms with Gasteiger partial charge in [-0.05, 0) is 105 Å². The maximum Gasteiger partial charge on any atom is 0.414 e. The molecule has 5 aliphatic rings. The van der Waals surface area contributed by atoms with Crippen LogP contribution < -0.4 is 9.64 Å². The fourth-order valence-electron chi connectivity index (χ4n) is 10.3. The zero-order valence-electron chi connectivity index (χ0n) is 30.5. The fraction of sp³-hybridized carbons (Fsp3) is 0.524. The normalized spacial score (nSPS) is 29.6. The summed E-state index contributed by atoms with van der Waals surface area (Å²) in [4.78, 5) is 52.4. The molecule has 3 amide bonds. The summed E-state index contributed by atoms with van der Waals surface area (Å²) in [6, 6.07) is 15.2. The van der Waals surface area contributed by atoms with E-state index in [1.54, 1.807) is 25.1 Å². The number of likely N-dealkylation sites (tertiary alicyclic amines) is 1. The molecule has 10 heteroatoms. The zero-order valence-corrected chi connectivity index (χ0v) is 30.5. The number of ether oxygens (including phenoxy) is 1. The van der Waals surface area contributed by atoms with Gasteiger partial charge in [0.25, 0.3) is 5.91 Å². The first kappa shape index (κ1) is 34.5. The highest BCUT2D eigenvalue weighted by molar-refractivity contribution is 5.98. The Bertz CT molecular complexity index is 1970. The molecule has 1 aromatic heterocycles. The van der Waals surface area contributed by atoms with Crippen LogP contribution in [0.1, 0.15) is 79.4 Å². The van der Waals surface area contributed by atoms with Crippen molar-refractivity contribution >= 4 is 34.5 Å². The summed E-state index contributed by atoms with van der Waals surface area (Å²) >= 11 is 0. The highest BCUT2D eigenvalue weighted by atomic mass is 16.6. The van der Waals surface area contributed by atoms with E-state index in [-0.39, 0.29) is 17.2 Å². The van der Waals surface area contributed by atoms with Crippen LogP contribution in [-0.2, 0) is 11.2 Å². The molecule has 52 heavy (non-hydrogen) atoms. The molecular weight excluding hydrogens is 654 g/mol. The van der Waals surface area contributed by atoms with E-state index >= 15 is 0 Å². The molecule has 2 aliphatic heterocycles. The number of aryl methyl sites for hydroxylation is 1. The van der Waals surface area contributed by atoms with Gasteiger partial charge in [-0.25, -0.2) is 9.78 Å². The summed E-state index contributed by atoms with van der Waals surface area (Å²) in [5.74, 6) is 4.26. The minimum atomic E-state index is -1.05. The summed E-state index contributed by atoms with van der Waals surface area (Å²) in [7, 11) is 3.36. The van der Waals surface area contributed by atoms with Gasteiger partial charge >= 0.3 is 6.09 Å². The van der Waals surface area contributed by atoms with Crippen molar-refractivity contribution in [1.29, 1.82) is 0 Å². The van der Waals surface area contributed by atoms with Gasteiger partial charge in [0.15, 0.2) is 5.75 Å². The van der Waals surface area contributed by atoms with Gasteiger partial charge in [0, 0.05) is 57.6 Å². The van der Waals surface area contributed by atoms with Gasteiger partial charge in [-0.15, -0.1) is 6.42 Å². The van der Waals surface area contributed by atoms with Crippen LogP contribution in [0.2, 0.25) is 0 Å². The average molecular weight is 704 g/mol. The standard InChI is InChI=1S/C42H49N5O5/c1-5-42(51)19-17-32-30-14-12-28-25-37(52-40(50)44(3)4)36(26-31(28)29(30)16-18-41(32,42)2)45-21-23-46(24-22-45)39(49)35-11-8-20-47(35)38(48)34-15-13-27-9-6-7-10-33(27)43-34/h1,6-7,9-10,13,15,25-26,29-30,32,35,51H,8,11-12,14,16-24H2,2-4H3/t29-,30+,32-,35-,41-,42+/m0/s1. The Labute approximate surface area is 306 Å². The molecule has 4 fully saturated rings. The topological polar surface area (TPSA) is 107 Å². The first-order valence-corrected chi connectivity index (χ1v) is 19.0. The molecule has 6 atom stereocenters. The van der Waals surface area contributed by atoms with Crippen LogP contribution in [0.4, 0.5) is 10.5 Å². The average Bonchev–Trinajstić information content (AvgIpc) is 3.76. The van der Waals surface area contributed by atoms with Crippen LogP contribution in [0.15, 0.2) is 48.5 Å². The fourth-order valence-corrected chi connectivity index (χ4v) is 10.3. The Morgan fingerprint density at radius 2 is 1.77 bits per heavy atom. The largest absolute Gasteiger partial charge is 0.414 e. The van der Waals surface area contributed by atoms with Crippen molar-refractivity contribution in [2.75, 3.05) is 51.7 Å². The first-order valence-electron chi connectivity index (χ1n) is 19.0. The smallest absolute Gasteiger partial charge is 0.408 e. The third-order valence-corrected chi connectivity index (χ3v) is 13.3. The van der Waals surface area contributed by atoms with E-state index in [1.807, 2.05) is 35.2 Å². The Kier molecular flexibility index (Phi) is 8.68. The molecule has 0 unspecified atom stereocenters. The number of nitrogens with zero attached hydrogens (tertiary/aromatic N) is 5. The number of piperazine rings is 1. The molecule has 2 saturated heterocycles. The summed E-state index contributed by atoms with van der Waals surface area (Å²) in [6.45, 7) is 4.89. The number of benzene rings is 2. The molecule has 3 aromatic rings. The van der Waals surface area contributed by atoms with E-state index in [1.165, 1.54) is 16.0 Å². The molecule has 2 aromatic carbocycles. The molecule has 272 valence electrons. The molecule has 0 spiro atoms. The molecule has 0 radical (unpaired) electrons. The van der Waals surface area contributed by atoms with E-state index in [4.69, 9.17) is 11.2 Å². The number of hydrogen-bond acceptors (Lipinski definition) is 7. The van der Waals surface area contributed by atoms with Gasteiger partial charge in [-0.2, -0.15) is 0 Å². The Morgan fingerprint density at radius 1 is 0.981 bits per heavy atom. The van der Waals surface area contributed by atoms with Crippen LogP contribution in [-0.4, -0.2) is 101 Å². The van der Waals surface area contributed by atoms with E-state index in [0.29, 0.717) is 74.8 Å². The van der Waals surface area contributed by atoms with E-state index in [9.17, 15) is 19.5 Å². The summed E-state index contributed by atoms with van der Waals surface area (Å²) in [5, 5.41) is 12.4. The van der Waals surface area contributed by atoms with Crippen LogP contribution in [0.3, 0.4) is 0 Å². The molecule has 10 nitrogen and oxygen atoms in total. The van der Waals surface area contributed by atoms with Gasteiger partial charge < -0.3 is 29.4 Å². The molecular formula is C42H49N5O5. The third-order valence-electron chi connectivity index (χ3n) is 13.3. The van der Waals surface area contributed by atoms with Crippen molar-refractivity contribution < 1.29 is 24.2 Å². The minimum absolute atomic E-state index is 0.0208. The number of pyridine rings is 1. The van der Waals surface area contributed by atoms with Crippen molar-refractivity contribution in [1.82, 2.24) is 19.7 Å². The maximum atomic E-state index is 14.0. The summed E-state index contributed by atoms with van der Waals surface area (Å²) in [5.41, 5.74) is 3.21. The predicted octanol–water partition coefficient (Wildman–Crippen LogP) is 5.47. The number of carbonyl (C=O) groups excluding carboxylic acids is 3. The van der Waals surface area contributed by atoms with Crippen LogP contribution in [0.25, 0.3) is 10.9 Å². The van der Waals surface area contributed by atoms with E-state index in [0.717, 1.165) is 55.1 Å². The van der Waals surface area contributed by atoms with Crippen LogP contribution in [0.5, 0.6) is 5.75 Å². The van der Waals surface area contributed by atoms with Gasteiger partial charge in [0.1, 0.15) is 17.3 Å². The van der Waals surface area contributed by atoms with Crippen molar-refractivity contribution in [2.24, 2.45) is 17.3 Å². The lowest BCUT2D eigenvalue weighted by molar-refractivity contribution is -0.135. The summed E-state index contributed by atoms with van der Waals surface area (Å²) < 4.78 is 6.01. The number of aromatic nitrogens is 1. The van der Waals surface area contributed by atoms with Crippen molar-refractivity contribution in [3.8, 4) is 18.1 Å². The number of hydrogen-bond donors (Lipinski definition) is 1. The number of terminal acetylenes is 1. The highest BCUT2D eigenvalue weighted by Gasteiger charge is 2.61. The molecule has 8 rings (SSSR count). The minimum Gasteiger partial charge on any atom is -0.408 e. The Hall–Kier alpha value is -4.62. The zero-order chi connectivity index (χ0) is 36.4. The number of amides is 3. The Balaban J connectivity index is 1.01. The number of rotatable bonds is 4. The lowest BCUT2D eigenvalue weighted by Gasteiger charge is -2.52. The molecule has 0 bridgehead atoms. The van der Waals surface area contributed by atoms with E-state index < -0.39 is 17.7 Å². The molecule has 1 N–H and O–H groups in total. The molecule has 3 heterocycles. The van der Waals surface area contributed by atoms with Crippen LogP contribution >= 0.6 is 0 Å². The SMILES string of the molecule is C#C[C@@]1(O)CC[C@H]2[C@@H]3CCc4cc(OC(=O)N(C)C)c(N5CCN(C(=O)[C@@H]6CCCN6C(=O)c6ccc7ccccc7n6)CC5)cc4[C@H]3CC[C@@]21C. The van der Waals surface area contributed by atoms with Gasteiger partial charge in [0.05, 0.1) is 11.2 Å². The number of anilines is 1. The van der Waals surface area contributed by atoms with Crippen molar-refractivity contribution in [2.45, 2.75) is 75.9 Å². The number of para-hydroxylation sites is 1. The van der Waals surface area contributed by atoms with Gasteiger partial charge in [0.2, 0.25) is 5.91 Å². The highest BCUT2D eigenvalue weighted by Crippen LogP contribution is 2.64. The predicted molar refractivity (Wildman–Crippen MR) is 199 cm³/mol. The monoisotopic (exact) mass is 703 g/mol. The van der Waals surface area contributed by atoms with Crippen molar-refractivity contribution in [3.05, 3.63) is 65.4 Å². The second kappa shape index (κ2) is 13.1. The van der Waals surface area contributed by atoms with Gasteiger partial charge in [-0.1, -0.05) is 37.1 Å². The third kappa shape index (κ3) is 5.60. The van der Waals surface area contributed by atoms with Crippen molar-refractivity contribution in [3.63, 3.8) is 0 Å². The number of fused-ring (bicyclic) bond motifs is 6. The quantitative estimate of drug-likeness (QED) is 0.360. The second-order valence-electron chi connectivity index (χ2n) is 16.1. The second-order valence-corrected chi connectivity index (χ2v) is 16.1. The van der Waals surface area contributed by atoms with Crippen LogP contribution in [0, 0.1) is 29.6 Å². The lowest BCUT2D eigenvalue weighted by Crippen LogP contribution is -2.54. The Morgan fingerprint density at radius 3 is 2.54 bits per heavy atom. The first-order chi connectivity index (χ1) is 25.0. The number of aliphatic hydroxyl groups is 1. The lowest BCUT2D eigenvalue weighted by atomic mass is 9.53. The molecule has 3 aliphatic carbocycles. The number of carbonyl (C=O) groups is 3. The molecule has 2 saturated carbocycles. The maximum absolute atomic E-state index is 14.0. The van der Waals surface area contributed by atoms with Gasteiger partial charge in [-0.3, -0.25) is 9.59 Å².